The number of rotatable bonds is 2. The van der Waals surface area contributed by atoms with E-state index in [4.69, 9.17) is 4.74 Å². The van der Waals surface area contributed by atoms with Gasteiger partial charge >= 0.3 is 6.09 Å². The van der Waals surface area contributed by atoms with Crippen LogP contribution in [0, 0.1) is 0 Å². The first-order chi connectivity index (χ1) is 15.0. The van der Waals surface area contributed by atoms with Crippen LogP contribution in [0.15, 0.2) is 17.1 Å². The van der Waals surface area contributed by atoms with E-state index in [1.165, 1.54) is 4.90 Å². The number of pyridine rings is 1. The van der Waals surface area contributed by atoms with Gasteiger partial charge in [-0.3, -0.25) is 24.5 Å². The van der Waals surface area contributed by atoms with Gasteiger partial charge in [-0.2, -0.15) is 0 Å². The van der Waals surface area contributed by atoms with Crippen LogP contribution in [0.1, 0.15) is 68.4 Å². The Morgan fingerprint density at radius 2 is 1.78 bits per heavy atom. The number of hydrogen-bond donors (Lipinski definition) is 1. The van der Waals surface area contributed by atoms with Crippen LogP contribution in [0.5, 0.6) is 0 Å². The predicted molar refractivity (Wildman–Crippen MR) is 113 cm³/mol. The van der Waals surface area contributed by atoms with Crippen molar-refractivity contribution < 1.29 is 23.9 Å². The maximum Gasteiger partial charge on any atom is 0.410 e. The Bertz CT molecular complexity index is 1030. The minimum Gasteiger partial charge on any atom is -0.444 e. The molecule has 0 spiro atoms. The normalized spacial score (nSPS) is 22.1. The lowest BCUT2D eigenvalue weighted by Crippen LogP contribution is -2.52. The van der Waals surface area contributed by atoms with Gasteiger partial charge < -0.3 is 19.1 Å². The Hall–Kier alpha value is -3.17. The zero-order chi connectivity index (χ0) is 23.2. The lowest BCUT2D eigenvalue weighted by molar-refractivity contribution is -0.136. The van der Waals surface area contributed by atoms with E-state index in [-0.39, 0.29) is 48.9 Å². The van der Waals surface area contributed by atoms with Crippen molar-refractivity contribution in [2.24, 2.45) is 0 Å². The Morgan fingerprint density at radius 1 is 1.09 bits per heavy atom. The van der Waals surface area contributed by atoms with Gasteiger partial charge in [0.1, 0.15) is 11.6 Å². The summed E-state index contributed by atoms with van der Waals surface area (Å²) in [7, 11) is 0. The Balaban J connectivity index is 1.47. The molecule has 10 nitrogen and oxygen atoms in total. The molecular formula is C22H28N4O6. The summed E-state index contributed by atoms with van der Waals surface area (Å²) in [6, 6.07) is 0.786. The number of nitrogens with one attached hydrogen (secondary N) is 1. The number of nitrogens with zero attached hydrogens (tertiary/aromatic N) is 3. The van der Waals surface area contributed by atoms with Crippen molar-refractivity contribution in [2.75, 3.05) is 13.1 Å². The summed E-state index contributed by atoms with van der Waals surface area (Å²) in [5.74, 6) is -1.22. The number of ether oxygens (including phenoxy) is 1. The highest BCUT2D eigenvalue weighted by molar-refractivity contribution is 6.05. The van der Waals surface area contributed by atoms with E-state index in [0.29, 0.717) is 37.1 Å². The fraction of sp³-hybridized carbons (Fsp3) is 0.591. The second-order valence-electron chi connectivity index (χ2n) is 9.52. The highest BCUT2D eigenvalue weighted by atomic mass is 16.6. The van der Waals surface area contributed by atoms with Crippen molar-refractivity contribution in [2.45, 2.75) is 70.7 Å². The lowest BCUT2D eigenvalue weighted by atomic mass is 10.0. The van der Waals surface area contributed by atoms with Crippen molar-refractivity contribution in [3.05, 3.63) is 33.7 Å². The molecule has 1 aromatic rings. The van der Waals surface area contributed by atoms with E-state index in [1.54, 1.807) is 21.7 Å². The van der Waals surface area contributed by atoms with Gasteiger partial charge in [0.2, 0.25) is 11.8 Å². The molecule has 2 saturated heterocycles. The molecule has 2 fully saturated rings. The maximum atomic E-state index is 13.2. The van der Waals surface area contributed by atoms with Gasteiger partial charge in [0.15, 0.2) is 0 Å². The summed E-state index contributed by atoms with van der Waals surface area (Å²) in [4.78, 5) is 65.0. The second kappa shape index (κ2) is 8.07. The van der Waals surface area contributed by atoms with E-state index < -0.39 is 17.6 Å². The number of imide groups is 1. The molecule has 0 saturated carbocycles. The SMILES string of the molecule is CC(C)(C)OC(=O)N1CCC(n2ccc3c(c2=O)CN(C2CCC(=O)NC2=O)C3=O)CC1. The van der Waals surface area contributed by atoms with Crippen LogP contribution in [0.4, 0.5) is 4.79 Å². The van der Waals surface area contributed by atoms with Crippen molar-refractivity contribution in [1.29, 1.82) is 0 Å². The quantitative estimate of drug-likeness (QED) is 0.685. The number of hydrogen-bond acceptors (Lipinski definition) is 6. The summed E-state index contributed by atoms with van der Waals surface area (Å²) < 4.78 is 7.05. The molecule has 0 bridgehead atoms. The van der Waals surface area contributed by atoms with Crippen LogP contribution >= 0.6 is 0 Å². The minimum absolute atomic E-state index is 0.0525. The number of aromatic nitrogens is 1. The summed E-state index contributed by atoms with van der Waals surface area (Å²) in [5, 5.41) is 2.26. The first-order valence-corrected chi connectivity index (χ1v) is 10.9. The van der Waals surface area contributed by atoms with E-state index >= 15 is 0 Å². The van der Waals surface area contributed by atoms with E-state index in [0.717, 1.165) is 0 Å². The number of carbonyl (C=O) groups excluding carboxylic acids is 4. The van der Waals surface area contributed by atoms with Gasteiger partial charge in [-0.25, -0.2) is 4.79 Å². The number of likely N-dealkylation sites (tertiary alicyclic amines) is 1. The molecule has 0 aromatic carbocycles. The first kappa shape index (κ1) is 22.0. The third-order valence-electron chi connectivity index (χ3n) is 6.14. The van der Waals surface area contributed by atoms with Gasteiger partial charge in [0.05, 0.1) is 12.1 Å². The van der Waals surface area contributed by atoms with Crippen molar-refractivity contribution in [3.8, 4) is 0 Å². The molecule has 4 rings (SSSR count). The number of carbonyl (C=O) groups is 4. The molecule has 4 amide bonds. The van der Waals surface area contributed by atoms with Gasteiger partial charge in [-0.05, 0) is 46.1 Å². The molecule has 4 heterocycles. The van der Waals surface area contributed by atoms with Crippen molar-refractivity contribution in [3.63, 3.8) is 0 Å². The molecule has 3 aliphatic heterocycles. The molecule has 172 valence electrons. The smallest absolute Gasteiger partial charge is 0.410 e. The third-order valence-corrected chi connectivity index (χ3v) is 6.14. The summed E-state index contributed by atoms with van der Waals surface area (Å²) in [5.41, 5.74) is -0.133. The minimum atomic E-state index is -0.752. The average Bonchev–Trinajstić information content (AvgIpc) is 3.05. The predicted octanol–water partition coefficient (Wildman–Crippen LogP) is 1.18. The standard InChI is InChI=1S/C22H28N4O6/c1-22(2,3)32-21(31)24-9-6-13(7-10-24)25-11-8-14-15(20(25)30)12-26(19(14)29)16-4-5-17(27)23-18(16)28/h8,11,13,16H,4-7,9-10,12H2,1-3H3,(H,23,27,28). The monoisotopic (exact) mass is 444 g/mol. The number of amides is 4. The first-order valence-electron chi connectivity index (χ1n) is 10.9. The van der Waals surface area contributed by atoms with E-state index in [9.17, 15) is 24.0 Å². The van der Waals surface area contributed by atoms with Crippen LogP contribution in [-0.2, 0) is 20.9 Å². The van der Waals surface area contributed by atoms with Gasteiger partial charge in [-0.1, -0.05) is 0 Å². The fourth-order valence-corrected chi connectivity index (χ4v) is 4.52. The summed E-state index contributed by atoms with van der Waals surface area (Å²) in [6.45, 7) is 6.47. The highest BCUT2D eigenvalue weighted by Gasteiger charge is 2.40. The van der Waals surface area contributed by atoms with Crippen molar-refractivity contribution in [1.82, 2.24) is 19.7 Å². The zero-order valence-corrected chi connectivity index (χ0v) is 18.6. The molecule has 3 aliphatic rings. The molecule has 32 heavy (non-hydrogen) atoms. The lowest BCUT2D eigenvalue weighted by Gasteiger charge is -2.34. The van der Waals surface area contributed by atoms with Gasteiger partial charge in [-0.15, -0.1) is 0 Å². The van der Waals surface area contributed by atoms with Crippen molar-refractivity contribution >= 4 is 23.8 Å². The fourth-order valence-electron chi connectivity index (χ4n) is 4.52. The van der Waals surface area contributed by atoms with Crippen LogP contribution in [-0.4, -0.2) is 62.9 Å². The molecular weight excluding hydrogens is 416 g/mol. The third kappa shape index (κ3) is 4.13. The van der Waals surface area contributed by atoms with Crippen LogP contribution in [0.3, 0.4) is 0 Å². The van der Waals surface area contributed by atoms with E-state index in [2.05, 4.69) is 5.32 Å². The largest absolute Gasteiger partial charge is 0.444 e. The van der Waals surface area contributed by atoms with Crippen LogP contribution in [0.2, 0.25) is 0 Å². The molecule has 1 unspecified atom stereocenters. The van der Waals surface area contributed by atoms with Gasteiger partial charge in [0, 0.05) is 37.3 Å². The topological polar surface area (TPSA) is 118 Å². The Labute approximate surface area is 185 Å². The average molecular weight is 444 g/mol. The molecule has 1 N–H and O–H groups in total. The number of fused-ring (bicyclic) bond motifs is 1. The summed E-state index contributed by atoms with van der Waals surface area (Å²) >= 11 is 0. The maximum absolute atomic E-state index is 13.2. The van der Waals surface area contributed by atoms with Gasteiger partial charge in [0.25, 0.3) is 11.5 Å². The van der Waals surface area contributed by atoms with Crippen LogP contribution in [0.25, 0.3) is 0 Å². The highest BCUT2D eigenvalue weighted by Crippen LogP contribution is 2.28. The number of piperidine rings is 2. The second-order valence-corrected chi connectivity index (χ2v) is 9.52. The molecule has 10 heteroatoms. The van der Waals surface area contributed by atoms with E-state index in [1.807, 2.05) is 20.8 Å². The summed E-state index contributed by atoms with van der Waals surface area (Å²) in [6.07, 6.45) is 2.88. The molecule has 1 aromatic heterocycles. The van der Waals surface area contributed by atoms with Crippen LogP contribution < -0.4 is 10.9 Å². The molecule has 0 aliphatic carbocycles. The Morgan fingerprint density at radius 3 is 2.41 bits per heavy atom. The molecule has 0 radical (unpaired) electrons. The molecule has 1 atom stereocenters. The zero-order valence-electron chi connectivity index (χ0n) is 18.6. The Kier molecular flexibility index (Phi) is 5.56.